The van der Waals surface area contributed by atoms with E-state index in [-0.39, 0.29) is 0 Å². The van der Waals surface area contributed by atoms with Crippen LogP contribution < -0.4 is 5.32 Å². The van der Waals surface area contributed by atoms with Gasteiger partial charge in [0, 0.05) is 12.2 Å². The summed E-state index contributed by atoms with van der Waals surface area (Å²) in [5, 5.41) is 5.79. The molecule has 0 bridgehead atoms. The molecule has 1 fully saturated rings. The van der Waals surface area contributed by atoms with Crippen LogP contribution in [0.3, 0.4) is 0 Å². The van der Waals surface area contributed by atoms with Gasteiger partial charge in [0.15, 0.2) is 0 Å². The minimum Gasteiger partial charge on any atom is -0.310 e. The highest BCUT2D eigenvalue weighted by atomic mass is 32.1. The van der Waals surface area contributed by atoms with Gasteiger partial charge < -0.3 is 5.32 Å². The van der Waals surface area contributed by atoms with E-state index in [2.05, 4.69) is 41.7 Å². The third-order valence-corrected chi connectivity index (χ3v) is 5.82. The lowest BCUT2D eigenvalue weighted by molar-refractivity contribution is 0.273. The van der Waals surface area contributed by atoms with Crippen LogP contribution in [0.1, 0.15) is 57.6 Å². The average Bonchev–Trinajstić information content (AvgIpc) is 2.96. The fourth-order valence-corrected chi connectivity index (χ4v) is 4.13. The van der Waals surface area contributed by atoms with Gasteiger partial charge in [0.2, 0.25) is 0 Å². The largest absolute Gasteiger partial charge is 0.310 e. The Balaban J connectivity index is 1.48. The summed E-state index contributed by atoms with van der Waals surface area (Å²) in [6, 6.07) is 4.77. The van der Waals surface area contributed by atoms with Crippen molar-refractivity contribution in [2.45, 2.75) is 52.0 Å². The van der Waals surface area contributed by atoms with Gasteiger partial charge in [0.1, 0.15) is 0 Å². The Labute approximate surface area is 132 Å². The Morgan fingerprint density at radius 1 is 1.33 bits per heavy atom. The lowest BCUT2D eigenvalue weighted by Gasteiger charge is -2.26. The van der Waals surface area contributed by atoms with Crippen molar-refractivity contribution in [2.75, 3.05) is 6.54 Å². The molecule has 2 nitrogen and oxygen atoms in total. The molecule has 0 aliphatic heterocycles. The standard InChI is InChI=1S/C18H26N2S/c1-13-3-5-15(6-4-13)7-9-19-14(2)16-11-18-17(20-12-16)8-10-21-18/h8,10-15,19H,3-7,9H2,1-2H3. The van der Waals surface area contributed by atoms with Crippen LogP contribution >= 0.6 is 11.3 Å². The molecular weight excluding hydrogens is 276 g/mol. The molecule has 1 saturated carbocycles. The molecular formula is C18H26N2S. The molecule has 21 heavy (non-hydrogen) atoms. The first-order chi connectivity index (χ1) is 10.2. The van der Waals surface area contributed by atoms with Crippen LogP contribution in [0.5, 0.6) is 0 Å². The van der Waals surface area contributed by atoms with Crippen molar-refractivity contribution >= 4 is 21.6 Å². The molecule has 0 aromatic carbocycles. The summed E-state index contributed by atoms with van der Waals surface area (Å²) in [5.41, 5.74) is 2.43. The quantitative estimate of drug-likeness (QED) is 0.825. The number of pyridine rings is 1. The number of aromatic nitrogens is 1. The van der Waals surface area contributed by atoms with Gasteiger partial charge in [-0.05, 0) is 54.8 Å². The molecule has 3 rings (SSSR count). The van der Waals surface area contributed by atoms with E-state index < -0.39 is 0 Å². The summed E-state index contributed by atoms with van der Waals surface area (Å²) >= 11 is 1.78. The van der Waals surface area contributed by atoms with Crippen molar-refractivity contribution in [1.29, 1.82) is 0 Å². The van der Waals surface area contributed by atoms with E-state index in [0.717, 1.165) is 23.9 Å². The van der Waals surface area contributed by atoms with Gasteiger partial charge >= 0.3 is 0 Å². The summed E-state index contributed by atoms with van der Waals surface area (Å²) in [6.45, 7) is 5.77. The first kappa shape index (κ1) is 15.0. The first-order valence-electron chi connectivity index (χ1n) is 8.29. The second-order valence-electron chi connectivity index (χ2n) is 6.66. The predicted octanol–water partition coefficient (Wildman–Crippen LogP) is 5.16. The molecule has 2 aromatic rings. The highest BCUT2D eigenvalue weighted by Gasteiger charge is 2.18. The molecule has 3 heteroatoms. The summed E-state index contributed by atoms with van der Waals surface area (Å²) < 4.78 is 1.29. The second-order valence-corrected chi connectivity index (χ2v) is 7.61. The maximum Gasteiger partial charge on any atom is 0.0809 e. The number of nitrogens with zero attached hydrogens (tertiary/aromatic N) is 1. The van der Waals surface area contributed by atoms with Gasteiger partial charge in [0.25, 0.3) is 0 Å². The van der Waals surface area contributed by atoms with E-state index in [0.29, 0.717) is 6.04 Å². The van der Waals surface area contributed by atoms with E-state index in [4.69, 9.17) is 0 Å². The number of rotatable bonds is 5. The lowest BCUT2D eigenvalue weighted by atomic mass is 9.81. The van der Waals surface area contributed by atoms with Crippen molar-refractivity contribution in [3.8, 4) is 0 Å². The topological polar surface area (TPSA) is 24.9 Å². The number of hydrogen-bond acceptors (Lipinski definition) is 3. The third-order valence-electron chi connectivity index (χ3n) is 4.96. The normalized spacial score (nSPS) is 24.3. The monoisotopic (exact) mass is 302 g/mol. The van der Waals surface area contributed by atoms with Crippen LogP contribution in [0.15, 0.2) is 23.7 Å². The number of hydrogen-bond donors (Lipinski definition) is 1. The van der Waals surface area contributed by atoms with Crippen LogP contribution in [0.2, 0.25) is 0 Å². The molecule has 1 N–H and O–H groups in total. The second kappa shape index (κ2) is 6.89. The fraction of sp³-hybridized carbons (Fsp3) is 0.611. The van der Waals surface area contributed by atoms with E-state index in [1.165, 1.54) is 42.4 Å². The van der Waals surface area contributed by atoms with Gasteiger partial charge in [0.05, 0.1) is 10.2 Å². The highest BCUT2D eigenvalue weighted by molar-refractivity contribution is 7.17. The Bertz CT molecular complexity index is 569. The molecule has 1 aliphatic carbocycles. The van der Waals surface area contributed by atoms with Crippen molar-refractivity contribution in [1.82, 2.24) is 10.3 Å². The fourth-order valence-electron chi connectivity index (χ4n) is 3.34. The third kappa shape index (κ3) is 3.83. The SMILES string of the molecule is CC1CCC(CCNC(C)c2cnc3ccsc3c2)CC1. The van der Waals surface area contributed by atoms with Gasteiger partial charge in [-0.2, -0.15) is 0 Å². The first-order valence-corrected chi connectivity index (χ1v) is 9.17. The van der Waals surface area contributed by atoms with Gasteiger partial charge in [-0.15, -0.1) is 11.3 Å². The molecule has 1 atom stereocenters. The zero-order valence-corrected chi connectivity index (χ0v) is 14.0. The maximum atomic E-state index is 4.54. The minimum absolute atomic E-state index is 0.395. The van der Waals surface area contributed by atoms with Crippen molar-refractivity contribution in [2.24, 2.45) is 11.8 Å². The molecule has 0 amide bonds. The van der Waals surface area contributed by atoms with Gasteiger partial charge in [-0.1, -0.05) is 32.6 Å². The summed E-state index contributed by atoms with van der Waals surface area (Å²) in [4.78, 5) is 4.54. The molecule has 0 spiro atoms. The smallest absolute Gasteiger partial charge is 0.0809 e. The van der Waals surface area contributed by atoms with Crippen LogP contribution in [-0.2, 0) is 0 Å². The molecule has 1 aliphatic rings. The Kier molecular flexibility index (Phi) is 4.91. The van der Waals surface area contributed by atoms with Crippen molar-refractivity contribution < 1.29 is 0 Å². The summed E-state index contributed by atoms with van der Waals surface area (Å²) in [7, 11) is 0. The van der Waals surface area contributed by atoms with Crippen LogP contribution in [0, 0.1) is 11.8 Å². The number of thiophene rings is 1. The van der Waals surface area contributed by atoms with E-state index in [1.807, 2.05) is 6.20 Å². The van der Waals surface area contributed by atoms with Crippen LogP contribution in [-0.4, -0.2) is 11.5 Å². The van der Waals surface area contributed by atoms with Crippen molar-refractivity contribution in [3.05, 3.63) is 29.3 Å². The summed E-state index contributed by atoms with van der Waals surface area (Å²) in [6.07, 6.45) is 9.07. The number of fused-ring (bicyclic) bond motifs is 1. The Morgan fingerprint density at radius 3 is 2.95 bits per heavy atom. The predicted molar refractivity (Wildman–Crippen MR) is 91.8 cm³/mol. The molecule has 0 saturated heterocycles. The minimum atomic E-state index is 0.395. The molecule has 0 radical (unpaired) electrons. The van der Waals surface area contributed by atoms with Gasteiger partial charge in [-0.3, -0.25) is 4.98 Å². The zero-order chi connectivity index (χ0) is 14.7. The maximum absolute atomic E-state index is 4.54. The molecule has 2 heterocycles. The zero-order valence-electron chi connectivity index (χ0n) is 13.1. The molecule has 1 unspecified atom stereocenters. The van der Waals surface area contributed by atoms with E-state index in [1.54, 1.807) is 11.3 Å². The number of nitrogens with one attached hydrogen (secondary N) is 1. The van der Waals surface area contributed by atoms with E-state index in [9.17, 15) is 0 Å². The lowest BCUT2D eigenvalue weighted by Crippen LogP contribution is -2.23. The highest BCUT2D eigenvalue weighted by Crippen LogP contribution is 2.30. The Morgan fingerprint density at radius 2 is 2.14 bits per heavy atom. The summed E-state index contributed by atoms with van der Waals surface area (Å²) in [5.74, 6) is 1.90. The molecule has 114 valence electrons. The van der Waals surface area contributed by atoms with Gasteiger partial charge in [-0.25, -0.2) is 0 Å². The van der Waals surface area contributed by atoms with Crippen LogP contribution in [0.25, 0.3) is 10.2 Å². The van der Waals surface area contributed by atoms with E-state index >= 15 is 0 Å². The molecule has 2 aromatic heterocycles. The van der Waals surface area contributed by atoms with Crippen LogP contribution in [0.4, 0.5) is 0 Å². The Hall–Kier alpha value is -0.930. The average molecular weight is 302 g/mol. The van der Waals surface area contributed by atoms with Crippen molar-refractivity contribution in [3.63, 3.8) is 0 Å².